The van der Waals surface area contributed by atoms with Crippen molar-refractivity contribution in [2.24, 2.45) is 0 Å². The number of carbonyl (C=O) groups is 1. The predicted octanol–water partition coefficient (Wildman–Crippen LogP) is 2.87. The Balaban J connectivity index is 2.70. The molecular formula is C18H15N3O3. The summed E-state index contributed by atoms with van der Waals surface area (Å²) >= 11 is 0. The molecule has 0 N–H and O–H groups in total. The highest BCUT2D eigenvalue weighted by molar-refractivity contribution is 5.98. The van der Waals surface area contributed by atoms with Crippen molar-refractivity contribution in [1.29, 1.82) is 10.5 Å². The largest absolute Gasteiger partial charge is 0.496 e. The Morgan fingerprint density at radius 2 is 2.04 bits per heavy atom. The van der Waals surface area contributed by atoms with Crippen molar-refractivity contribution in [3.8, 4) is 29.0 Å². The molecule has 0 fully saturated rings. The number of hydrogen-bond acceptors (Lipinski definition) is 6. The summed E-state index contributed by atoms with van der Waals surface area (Å²) in [5, 5.41) is 18.0. The van der Waals surface area contributed by atoms with E-state index in [4.69, 9.17) is 20.0 Å². The second-order valence-corrected chi connectivity index (χ2v) is 4.80. The molecule has 0 amide bonds. The monoisotopic (exact) mass is 321 g/mol. The average Bonchev–Trinajstić information content (AvgIpc) is 2.61. The number of methoxy groups -OCH3 is 1. The van der Waals surface area contributed by atoms with Crippen LogP contribution in [0.15, 0.2) is 30.5 Å². The fourth-order valence-electron chi connectivity index (χ4n) is 2.26. The first-order valence-corrected chi connectivity index (χ1v) is 7.26. The zero-order valence-corrected chi connectivity index (χ0v) is 13.4. The van der Waals surface area contributed by atoms with Crippen LogP contribution in [0.1, 0.15) is 28.5 Å². The molecule has 120 valence electrons. The Kier molecular flexibility index (Phi) is 5.49. The lowest BCUT2D eigenvalue weighted by Crippen LogP contribution is -2.08. The Labute approximate surface area is 139 Å². The molecule has 1 aromatic carbocycles. The molecule has 0 radical (unpaired) electrons. The molecule has 2 rings (SSSR count). The number of pyridine rings is 1. The second-order valence-electron chi connectivity index (χ2n) is 4.80. The van der Waals surface area contributed by atoms with Gasteiger partial charge in [0.25, 0.3) is 0 Å². The number of nitriles is 2. The maximum absolute atomic E-state index is 12.2. The molecule has 6 nitrogen and oxygen atoms in total. The van der Waals surface area contributed by atoms with E-state index >= 15 is 0 Å². The maximum Gasteiger partial charge on any atom is 0.340 e. The van der Waals surface area contributed by atoms with E-state index in [2.05, 4.69) is 11.1 Å². The third-order valence-electron chi connectivity index (χ3n) is 3.33. The minimum Gasteiger partial charge on any atom is -0.496 e. The molecule has 1 heterocycles. The van der Waals surface area contributed by atoms with Crippen LogP contribution in [0.2, 0.25) is 0 Å². The van der Waals surface area contributed by atoms with Gasteiger partial charge in [0, 0.05) is 17.3 Å². The second kappa shape index (κ2) is 7.75. The molecule has 0 saturated carbocycles. The van der Waals surface area contributed by atoms with Gasteiger partial charge in [-0.25, -0.2) is 4.79 Å². The van der Waals surface area contributed by atoms with E-state index in [1.807, 2.05) is 6.07 Å². The number of rotatable bonds is 5. The molecule has 0 saturated heterocycles. The van der Waals surface area contributed by atoms with Crippen LogP contribution >= 0.6 is 0 Å². The van der Waals surface area contributed by atoms with E-state index in [1.165, 1.54) is 13.3 Å². The number of carbonyl (C=O) groups excluding carboxylic acids is 1. The summed E-state index contributed by atoms with van der Waals surface area (Å²) in [5.41, 5.74) is 2.29. The minimum atomic E-state index is -0.520. The Bertz CT molecular complexity index is 848. The smallest absolute Gasteiger partial charge is 0.340 e. The van der Waals surface area contributed by atoms with Gasteiger partial charge in [-0.3, -0.25) is 4.98 Å². The first-order chi connectivity index (χ1) is 11.6. The summed E-state index contributed by atoms with van der Waals surface area (Å²) in [7, 11) is 1.51. The van der Waals surface area contributed by atoms with Crippen molar-refractivity contribution in [3.63, 3.8) is 0 Å². The lowest BCUT2D eigenvalue weighted by Gasteiger charge is -2.13. The van der Waals surface area contributed by atoms with Crippen LogP contribution in [0.25, 0.3) is 11.1 Å². The van der Waals surface area contributed by atoms with Gasteiger partial charge in [0.1, 0.15) is 5.75 Å². The Morgan fingerprint density at radius 3 is 2.67 bits per heavy atom. The minimum absolute atomic E-state index is 0.108. The summed E-state index contributed by atoms with van der Waals surface area (Å²) in [4.78, 5) is 16.4. The van der Waals surface area contributed by atoms with Gasteiger partial charge in [0.05, 0.1) is 49.1 Å². The summed E-state index contributed by atoms with van der Waals surface area (Å²) in [6, 6.07) is 10.7. The van der Waals surface area contributed by atoms with Gasteiger partial charge in [0.2, 0.25) is 0 Å². The molecule has 0 unspecified atom stereocenters. The van der Waals surface area contributed by atoms with Gasteiger partial charge in [-0.2, -0.15) is 10.5 Å². The highest BCUT2D eigenvalue weighted by Crippen LogP contribution is 2.34. The van der Waals surface area contributed by atoms with Gasteiger partial charge >= 0.3 is 5.97 Å². The third-order valence-corrected chi connectivity index (χ3v) is 3.33. The van der Waals surface area contributed by atoms with E-state index in [0.717, 1.165) is 0 Å². The van der Waals surface area contributed by atoms with Crippen LogP contribution in [-0.2, 0) is 11.2 Å². The van der Waals surface area contributed by atoms with Crippen LogP contribution < -0.4 is 4.74 Å². The molecule has 0 aliphatic carbocycles. The summed E-state index contributed by atoms with van der Waals surface area (Å²) in [6.45, 7) is 1.94. The first-order valence-electron chi connectivity index (χ1n) is 7.26. The van der Waals surface area contributed by atoms with Crippen LogP contribution in [-0.4, -0.2) is 24.7 Å². The Hall–Kier alpha value is -3.38. The fourth-order valence-corrected chi connectivity index (χ4v) is 2.26. The third kappa shape index (κ3) is 3.50. The van der Waals surface area contributed by atoms with Gasteiger partial charge in [-0.1, -0.05) is 0 Å². The molecule has 0 bridgehead atoms. The summed E-state index contributed by atoms with van der Waals surface area (Å²) in [5.74, 6) is -0.0124. The molecule has 0 spiro atoms. The van der Waals surface area contributed by atoms with Crippen molar-refractivity contribution in [2.45, 2.75) is 13.3 Å². The molecule has 6 heteroatoms. The fraction of sp³-hybridized carbons (Fsp3) is 0.222. The summed E-state index contributed by atoms with van der Waals surface area (Å²) in [6.07, 6.45) is 1.49. The zero-order chi connectivity index (χ0) is 17.5. The topological polar surface area (TPSA) is 96.0 Å². The summed E-state index contributed by atoms with van der Waals surface area (Å²) < 4.78 is 10.4. The van der Waals surface area contributed by atoms with Crippen molar-refractivity contribution < 1.29 is 14.3 Å². The van der Waals surface area contributed by atoms with Crippen LogP contribution in [0.4, 0.5) is 0 Å². The van der Waals surface area contributed by atoms with Crippen molar-refractivity contribution >= 4 is 5.97 Å². The average molecular weight is 321 g/mol. The SMILES string of the molecule is CCOC(=O)c1cnc(CC#N)cc1-c1cc(C#N)ccc1OC. The number of hydrogen-bond donors (Lipinski definition) is 0. The van der Waals surface area contributed by atoms with E-state index in [9.17, 15) is 4.79 Å². The lowest BCUT2D eigenvalue weighted by atomic mass is 9.97. The molecular weight excluding hydrogens is 306 g/mol. The van der Waals surface area contributed by atoms with E-state index in [1.54, 1.807) is 31.2 Å². The van der Waals surface area contributed by atoms with Gasteiger partial charge < -0.3 is 9.47 Å². The van der Waals surface area contributed by atoms with E-state index in [-0.39, 0.29) is 18.6 Å². The zero-order valence-electron chi connectivity index (χ0n) is 13.4. The normalized spacial score (nSPS) is 9.67. The highest BCUT2D eigenvalue weighted by Gasteiger charge is 2.19. The number of esters is 1. The molecule has 0 aliphatic heterocycles. The quantitative estimate of drug-likeness (QED) is 0.786. The molecule has 24 heavy (non-hydrogen) atoms. The van der Waals surface area contributed by atoms with E-state index in [0.29, 0.717) is 28.1 Å². The van der Waals surface area contributed by atoms with Gasteiger partial charge in [-0.05, 0) is 31.2 Å². The van der Waals surface area contributed by atoms with Crippen molar-refractivity contribution in [3.05, 3.63) is 47.3 Å². The first kappa shape index (κ1) is 17.0. The molecule has 0 aliphatic rings. The van der Waals surface area contributed by atoms with Crippen LogP contribution in [0, 0.1) is 22.7 Å². The van der Waals surface area contributed by atoms with E-state index < -0.39 is 5.97 Å². The number of ether oxygens (including phenoxy) is 2. The Morgan fingerprint density at radius 1 is 1.25 bits per heavy atom. The molecule has 0 atom stereocenters. The lowest BCUT2D eigenvalue weighted by molar-refractivity contribution is 0.0527. The number of nitrogens with zero attached hydrogens (tertiary/aromatic N) is 3. The standard InChI is InChI=1S/C18H15N3O3/c1-3-24-18(22)16-11-21-13(6-7-19)9-14(16)15-8-12(10-20)4-5-17(15)23-2/h4-5,8-9,11H,3,6H2,1-2H3. The van der Waals surface area contributed by atoms with Crippen molar-refractivity contribution in [2.75, 3.05) is 13.7 Å². The molecule has 2 aromatic rings. The number of aromatic nitrogens is 1. The maximum atomic E-state index is 12.2. The van der Waals surface area contributed by atoms with Gasteiger partial charge in [0.15, 0.2) is 0 Å². The highest BCUT2D eigenvalue weighted by atomic mass is 16.5. The van der Waals surface area contributed by atoms with Crippen LogP contribution in [0.5, 0.6) is 5.75 Å². The number of benzene rings is 1. The predicted molar refractivity (Wildman–Crippen MR) is 86.2 cm³/mol. The van der Waals surface area contributed by atoms with Crippen molar-refractivity contribution in [1.82, 2.24) is 4.98 Å². The van der Waals surface area contributed by atoms with Crippen LogP contribution in [0.3, 0.4) is 0 Å². The van der Waals surface area contributed by atoms with Gasteiger partial charge in [-0.15, -0.1) is 0 Å². The molecule has 1 aromatic heterocycles.